The molecule has 2 aromatic carbocycles. The second-order valence-corrected chi connectivity index (χ2v) is 26.0. The maximum atomic E-state index is 18.0. The third kappa shape index (κ3) is 6.75. The number of rotatable bonds is 7. The van der Waals surface area contributed by atoms with Gasteiger partial charge in [-0.05, 0) is 94.4 Å². The second-order valence-electron chi connectivity index (χ2n) is 20.4. The smallest absolute Gasteiger partial charge is 0.410 e. The van der Waals surface area contributed by atoms with Gasteiger partial charge in [-0.2, -0.15) is 9.97 Å². The van der Waals surface area contributed by atoms with Crippen LogP contribution < -0.4 is 14.4 Å². The van der Waals surface area contributed by atoms with Crippen LogP contribution in [-0.4, -0.2) is 101 Å². The van der Waals surface area contributed by atoms with Gasteiger partial charge in [-0.3, -0.25) is 9.80 Å². The topological polar surface area (TPSA) is 93.2 Å². The van der Waals surface area contributed by atoms with E-state index in [1.807, 2.05) is 69.0 Å². The molecule has 2 aromatic heterocycles. The van der Waals surface area contributed by atoms with Crippen molar-refractivity contribution in [2.24, 2.45) is 0 Å². The molecule has 7 heterocycles. The number of carbonyl (C=O) groups excluding carboxylic acids is 1. The second kappa shape index (κ2) is 15.5. The summed E-state index contributed by atoms with van der Waals surface area (Å²) in [5.74, 6) is 3.88. The number of fused-ring (bicyclic) bond motifs is 7. The molecular formula is C50H63FN6O4Si. The molecule has 4 saturated heterocycles. The summed E-state index contributed by atoms with van der Waals surface area (Å²) in [4.78, 5) is 35.6. The molecule has 5 aliphatic heterocycles. The maximum absolute atomic E-state index is 18.0. The van der Waals surface area contributed by atoms with Crippen LogP contribution in [0.15, 0.2) is 48.6 Å². The summed E-state index contributed by atoms with van der Waals surface area (Å²) in [6.45, 7) is 28.8. The lowest BCUT2D eigenvalue weighted by Gasteiger charge is -2.48. The Morgan fingerprint density at radius 2 is 1.74 bits per heavy atom. The molecule has 4 fully saturated rings. The van der Waals surface area contributed by atoms with Crippen LogP contribution >= 0.6 is 0 Å². The molecule has 0 unspecified atom stereocenters. The van der Waals surface area contributed by atoms with Gasteiger partial charge in [0.1, 0.15) is 48.8 Å². The molecule has 10 nitrogen and oxygen atoms in total. The van der Waals surface area contributed by atoms with Crippen LogP contribution in [0.1, 0.15) is 107 Å². The Morgan fingerprint density at radius 1 is 1.02 bits per heavy atom. The first-order valence-corrected chi connectivity index (χ1v) is 25.2. The first kappa shape index (κ1) is 42.6. The van der Waals surface area contributed by atoms with E-state index >= 15 is 4.39 Å². The van der Waals surface area contributed by atoms with E-state index in [4.69, 9.17) is 29.2 Å². The largest absolute Gasteiger partial charge is 0.472 e. The number of hydrogen-bond donors (Lipinski definition) is 0. The van der Waals surface area contributed by atoms with E-state index in [1.54, 1.807) is 0 Å². The Hall–Kier alpha value is -4.73. The Kier molecular flexibility index (Phi) is 10.6. The molecule has 1 amide bonds. The van der Waals surface area contributed by atoms with E-state index in [-0.39, 0.29) is 52.9 Å². The molecule has 2 bridgehead atoms. The molecular weight excluding hydrogens is 796 g/mol. The van der Waals surface area contributed by atoms with Crippen molar-refractivity contribution in [1.29, 1.82) is 0 Å². The number of halogens is 1. The minimum Gasteiger partial charge on any atom is -0.472 e. The van der Waals surface area contributed by atoms with Gasteiger partial charge >= 0.3 is 12.1 Å². The molecule has 0 spiro atoms. The van der Waals surface area contributed by atoms with Crippen molar-refractivity contribution < 1.29 is 23.4 Å². The number of aromatic nitrogens is 3. The fourth-order valence-corrected chi connectivity index (χ4v) is 17.3. The Bertz CT molecular complexity index is 2500. The lowest BCUT2D eigenvalue weighted by Crippen LogP contribution is -2.65. The highest BCUT2D eigenvalue weighted by Gasteiger charge is 2.54. The molecule has 62 heavy (non-hydrogen) atoms. The molecule has 12 heteroatoms. The molecule has 9 rings (SSSR count). The Morgan fingerprint density at radius 3 is 2.45 bits per heavy atom. The lowest BCUT2D eigenvalue weighted by atomic mass is 9.91. The highest BCUT2D eigenvalue weighted by atomic mass is 28.3. The zero-order valence-corrected chi connectivity index (χ0v) is 39.3. The number of carbonyl (C=O) groups is 1. The lowest BCUT2D eigenvalue weighted by molar-refractivity contribution is 0.000936. The zero-order chi connectivity index (χ0) is 44.0. The maximum Gasteiger partial charge on any atom is 0.410 e. The molecule has 4 aromatic rings. The first-order valence-electron chi connectivity index (χ1n) is 22.9. The standard InChI is InChI=1S/C50H63FN6O4Si/c1-29(2)62(30(3)4,31(5)6)26-22-35-16-12-15-34-17-13-18-37(39(34)35)42-41(51)43-40-45(54-47(53-43)59-28-50-23-14-24-55(50)25-21-32(50)7)56-27-36-19-20-38(44(56)33(8)60-46(40)52-42)57(36)48(58)61-49(9,10)11/h12-13,15-18,29-31,33,36,38,44H,7,14,19-21,23-25,27-28H2,1-6,8-11H3/t33-,36+,38-,44+,50+/m0/s1. The van der Waals surface area contributed by atoms with Gasteiger partial charge in [-0.1, -0.05) is 89.9 Å². The van der Waals surface area contributed by atoms with Gasteiger partial charge in [0.15, 0.2) is 5.82 Å². The van der Waals surface area contributed by atoms with Crippen molar-refractivity contribution in [1.82, 2.24) is 24.8 Å². The number of hydrogen-bond acceptors (Lipinski definition) is 9. The van der Waals surface area contributed by atoms with Crippen molar-refractivity contribution in [3.8, 4) is 34.6 Å². The molecule has 328 valence electrons. The van der Waals surface area contributed by atoms with Crippen LogP contribution in [0.2, 0.25) is 16.6 Å². The van der Waals surface area contributed by atoms with Gasteiger partial charge in [0.2, 0.25) is 5.88 Å². The number of pyridine rings is 1. The van der Waals surface area contributed by atoms with E-state index in [9.17, 15) is 4.79 Å². The van der Waals surface area contributed by atoms with Crippen molar-refractivity contribution in [2.45, 2.75) is 153 Å². The number of ether oxygens (including phenoxy) is 3. The molecule has 0 N–H and O–H groups in total. The molecule has 0 radical (unpaired) electrons. The number of benzene rings is 2. The van der Waals surface area contributed by atoms with Crippen LogP contribution in [0.25, 0.3) is 32.9 Å². The van der Waals surface area contributed by atoms with Crippen LogP contribution in [0.3, 0.4) is 0 Å². The van der Waals surface area contributed by atoms with E-state index in [0.29, 0.717) is 46.5 Å². The van der Waals surface area contributed by atoms with Crippen LogP contribution in [0.4, 0.5) is 15.0 Å². The fourth-order valence-electron chi connectivity index (χ4n) is 12.1. The number of piperazine rings is 1. The summed E-state index contributed by atoms with van der Waals surface area (Å²) in [6.07, 6.45) is 3.73. The quantitative estimate of drug-likeness (QED) is 0.102. The minimum atomic E-state index is -2.10. The van der Waals surface area contributed by atoms with Crippen molar-refractivity contribution >= 4 is 41.7 Å². The normalized spacial score (nSPS) is 24.7. The SMILES string of the molecule is C=C1CCN2CCC[C@@]12COc1nc2c3c(nc(-c4cccc5cccc(C#C[Si](C(C)C)(C(C)C)C(C)C)c45)c(F)c3n1)O[C@@H](C)[C@@H]1[C@@H]3CC[C@H](CN21)N3C(=O)OC(C)(C)C. The molecule has 0 saturated carbocycles. The number of nitrogens with zero attached hydrogens (tertiary/aromatic N) is 6. The van der Waals surface area contributed by atoms with E-state index in [1.165, 1.54) is 0 Å². The average Bonchev–Trinajstić information content (AvgIpc) is 3.84. The third-order valence-electron chi connectivity index (χ3n) is 14.9. The van der Waals surface area contributed by atoms with E-state index in [0.717, 1.165) is 67.1 Å². The predicted octanol–water partition coefficient (Wildman–Crippen LogP) is 10.5. The molecule has 5 atom stereocenters. The fraction of sp³-hybridized carbons (Fsp3) is 0.560. The summed E-state index contributed by atoms with van der Waals surface area (Å²) in [6, 6.07) is 11.5. The van der Waals surface area contributed by atoms with Gasteiger partial charge in [0, 0.05) is 29.6 Å². The highest BCUT2D eigenvalue weighted by molar-refractivity contribution is 6.90. The zero-order valence-electron chi connectivity index (χ0n) is 38.3. The third-order valence-corrected chi connectivity index (χ3v) is 21.2. The number of amides is 1. The van der Waals surface area contributed by atoms with Gasteiger partial charge < -0.3 is 19.1 Å². The van der Waals surface area contributed by atoms with E-state index < -0.39 is 25.6 Å². The van der Waals surface area contributed by atoms with Crippen molar-refractivity contribution in [2.75, 3.05) is 31.1 Å². The van der Waals surface area contributed by atoms with E-state index in [2.05, 4.69) is 69.4 Å². The van der Waals surface area contributed by atoms with Crippen molar-refractivity contribution in [3.63, 3.8) is 0 Å². The minimum absolute atomic E-state index is 0.0946. The summed E-state index contributed by atoms with van der Waals surface area (Å²) in [5, 5.41) is 2.20. The van der Waals surface area contributed by atoms with Crippen molar-refractivity contribution in [3.05, 3.63) is 59.9 Å². The first-order chi connectivity index (χ1) is 29.4. The summed E-state index contributed by atoms with van der Waals surface area (Å²) < 4.78 is 37.5. The Balaban J connectivity index is 1.22. The summed E-state index contributed by atoms with van der Waals surface area (Å²) in [5.41, 5.74) is 7.20. The van der Waals surface area contributed by atoms with Crippen LogP contribution in [-0.2, 0) is 4.74 Å². The van der Waals surface area contributed by atoms with Gasteiger partial charge in [0.05, 0.1) is 23.7 Å². The van der Waals surface area contributed by atoms with Crippen LogP contribution in [0, 0.1) is 17.3 Å². The van der Waals surface area contributed by atoms with Gasteiger partial charge in [0.25, 0.3) is 0 Å². The predicted molar refractivity (Wildman–Crippen MR) is 247 cm³/mol. The van der Waals surface area contributed by atoms with Gasteiger partial charge in [-0.15, -0.1) is 5.54 Å². The number of anilines is 1. The molecule has 0 aliphatic carbocycles. The summed E-state index contributed by atoms with van der Waals surface area (Å²) in [7, 11) is -2.10. The average molecular weight is 859 g/mol. The Labute approximate surface area is 367 Å². The molecule has 5 aliphatic rings. The summed E-state index contributed by atoms with van der Waals surface area (Å²) >= 11 is 0. The van der Waals surface area contributed by atoms with Gasteiger partial charge in [-0.25, -0.2) is 14.2 Å². The van der Waals surface area contributed by atoms with Crippen LogP contribution in [0.5, 0.6) is 11.9 Å². The highest BCUT2D eigenvalue weighted by Crippen LogP contribution is 2.48. The monoisotopic (exact) mass is 858 g/mol.